The number of aromatic nitrogens is 2. The fraction of sp³-hybridized carbons (Fsp3) is 0.727. The summed E-state index contributed by atoms with van der Waals surface area (Å²) in [7, 11) is 0. The third-order valence-corrected chi connectivity index (χ3v) is 2.71. The minimum absolute atomic E-state index is 0.353. The highest BCUT2D eigenvalue weighted by atomic mass is 16.6. The summed E-state index contributed by atoms with van der Waals surface area (Å²) in [4.78, 5) is 5.03. The van der Waals surface area contributed by atoms with Crippen molar-refractivity contribution in [3.05, 3.63) is 17.0 Å². The molecule has 0 saturated heterocycles. The van der Waals surface area contributed by atoms with Gasteiger partial charge in [0.2, 0.25) is 0 Å². The smallest absolute Gasteiger partial charge is 0.112 e. The Balaban J connectivity index is 3.31. The Morgan fingerprint density at radius 1 is 1.33 bits per heavy atom. The lowest BCUT2D eigenvalue weighted by atomic mass is 9.96. The molecule has 15 heavy (non-hydrogen) atoms. The Morgan fingerprint density at radius 3 is 2.20 bits per heavy atom. The minimum atomic E-state index is -0.485. The zero-order valence-electron chi connectivity index (χ0n) is 10.5. The molecule has 0 amide bonds. The Kier molecular flexibility index (Phi) is 3.21. The molecule has 2 N–H and O–H groups in total. The van der Waals surface area contributed by atoms with E-state index < -0.39 is 5.60 Å². The van der Waals surface area contributed by atoms with Crippen molar-refractivity contribution in [3.63, 3.8) is 0 Å². The molecule has 1 aromatic heterocycles. The van der Waals surface area contributed by atoms with Crippen molar-refractivity contribution in [1.29, 1.82) is 0 Å². The molecule has 0 radical (unpaired) electrons. The van der Waals surface area contributed by atoms with Crippen molar-refractivity contribution in [1.82, 2.24) is 9.78 Å². The molecule has 1 heterocycles. The van der Waals surface area contributed by atoms with Gasteiger partial charge in [0, 0.05) is 17.3 Å². The van der Waals surface area contributed by atoms with Crippen LogP contribution in [-0.4, -0.2) is 9.78 Å². The van der Waals surface area contributed by atoms with E-state index in [2.05, 4.69) is 25.9 Å². The minimum Gasteiger partial charge on any atom is -0.294 e. The van der Waals surface area contributed by atoms with Gasteiger partial charge < -0.3 is 0 Å². The molecule has 1 rings (SSSR count). The van der Waals surface area contributed by atoms with Crippen LogP contribution in [0.1, 0.15) is 50.7 Å². The van der Waals surface area contributed by atoms with Crippen LogP contribution in [0.25, 0.3) is 0 Å². The molecule has 0 spiro atoms. The van der Waals surface area contributed by atoms with E-state index in [0.717, 1.165) is 17.0 Å². The van der Waals surface area contributed by atoms with E-state index in [0.29, 0.717) is 6.04 Å². The average molecular weight is 211 g/mol. The molecule has 0 unspecified atom stereocenters. The Bertz CT molecular complexity index is 353. The fourth-order valence-electron chi connectivity index (χ4n) is 2.10. The molecule has 4 heteroatoms. The van der Waals surface area contributed by atoms with Crippen LogP contribution >= 0.6 is 0 Å². The molecule has 0 fully saturated rings. The van der Waals surface area contributed by atoms with E-state index >= 15 is 0 Å². The SMILES string of the molecule is Cc1nn(C(C)C)c(C)c1C(C)(C)ON. The maximum absolute atomic E-state index is 5.32. The second-order valence-corrected chi connectivity index (χ2v) is 4.71. The van der Waals surface area contributed by atoms with Gasteiger partial charge in [0.1, 0.15) is 5.60 Å². The topological polar surface area (TPSA) is 53.1 Å². The predicted octanol–water partition coefficient (Wildman–Crippen LogP) is 2.21. The molecule has 0 aliphatic rings. The second kappa shape index (κ2) is 3.94. The third kappa shape index (κ3) is 2.06. The molecule has 1 aromatic rings. The highest BCUT2D eigenvalue weighted by Gasteiger charge is 2.28. The van der Waals surface area contributed by atoms with Gasteiger partial charge in [-0.1, -0.05) is 0 Å². The monoisotopic (exact) mass is 211 g/mol. The highest BCUT2D eigenvalue weighted by Crippen LogP contribution is 2.30. The summed E-state index contributed by atoms with van der Waals surface area (Å²) in [5.74, 6) is 5.32. The van der Waals surface area contributed by atoms with Gasteiger partial charge in [-0.25, -0.2) is 5.90 Å². The van der Waals surface area contributed by atoms with Crippen LogP contribution in [0.3, 0.4) is 0 Å². The molecular weight excluding hydrogens is 190 g/mol. The number of hydrogen-bond acceptors (Lipinski definition) is 3. The summed E-state index contributed by atoms with van der Waals surface area (Å²) < 4.78 is 2.01. The van der Waals surface area contributed by atoms with Gasteiger partial charge in [0.25, 0.3) is 0 Å². The number of rotatable bonds is 3. The normalized spacial score (nSPS) is 12.5. The lowest BCUT2D eigenvalue weighted by molar-refractivity contribution is -0.0245. The maximum Gasteiger partial charge on any atom is 0.112 e. The second-order valence-electron chi connectivity index (χ2n) is 4.71. The first-order chi connectivity index (χ1) is 6.81. The lowest BCUT2D eigenvalue weighted by Crippen LogP contribution is -2.26. The average Bonchev–Trinajstić information content (AvgIpc) is 2.42. The summed E-state index contributed by atoms with van der Waals surface area (Å²) >= 11 is 0. The van der Waals surface area contributed by atoms with Crippen molar-refractivity contribution in [2.75, 3.05) is 0 Å². The molecule has 86 valence electrons. The largest absolute Gasteiger partial charge is 0.294 e. The van der Waals surface area contributed by atoms with Gasteiger partial charge in [-0.3, -0.25) is 9.52 Å². The standard InChI is InChI=1S/C11H21N3O/c1-7(2)14-9(4)10(8(3)13-14)11(5,6)15-12/h7H,12H2,1-6H3. The van der Waals surface area contributed by atoms with Crippen LogP contribution in [0, 0.1) is 13.8 Å². The molecule has 0 bridgehead atoms. The fourth-order valence-corrected chi connectivity index (χ4v) is 2.10. The highest BCUT2D eigenvalue weighted by molar-refractivity contribution is 5.30. The molecule has 0 aliphatic heterocycles. The zero-order chi connectivity index (χ0) is 11.8. The number of hydrogen-bond donors (Lipinski definition) is 1. The van der Waals surface area contributed by atoms with Gasteiger partial charge in [-0.15, -0.1) is 0 Å². The summed E-state index contributed by atoms with van der Waals surface area (Å²) in [6.07, 6.45) is 0. The van der Waals surface area contributed by atoms with Crippen LogP contribution < -0.4 is 5.90 Å². The Labute approximate surface area is 91.4 Å². The van der Waals surface area contributed by atoms with E-state index in [1.165, 1.54) is 0 Å². The molecule has 4 nitrogen and oxygen atoms in total. The number of aryl methyl sites for hydroxylation is 1. The van der Waals surface area contributed by atoms with Gasteiger partial charge in [-0.2, -0.15) is 5.10 Å². The van der Waals surface area contributed by atoms with E-state index in [1.54, 1.807) is 0 Å². The van der Waals surface area contributed by atoms with Gasteiger partial charge in [0.05, 0.1) is 5.69 Å². The quantitative estimate of drug-likeness (QED) is 0.780. The van der Waals surface area contributed by atoms with E-state index in [-0.39, 0.29) is 0 Å². The van der Waals surface area contributed by atoms with Crippen molar-refractivity contribution < 1.29 is 4.84 Å². The summed E-state index contributed by atoms with van der Waals surface area (Å²) in [6, 6.07) is 0.353. The first-order valence-corrected chi connectivity index (χ1v) is 5.25. The number of nitrogens with two attached hydrogens (primary N) is 1. The molecular formula is C11H21N3O. The van der Waals surface area contributed by atoms with Gasteiger partial charge in [0.15, 0.2) is 0 Å². The first-order valence-electron chi connectivity index (χ1n) is 5.25. The van der Waals surface area contributed by atoms with Crippen LogP contribution in [0.15, 0.2) is 0 Å². The molecule has 0 aromatic carbocycles. The van der Waals surface area contributed by atoms with Gasteiger partial charge in [-0.05, 0) is 41.5 Å². The van der Waals surface area contributed by atoms with Crippen molar-refractivity contribution in [3.8, 4) is 0 Å². The molecule has 0 saturated carbocycles. The Hall–Kier alpha value is -0.870. The van der Waals surface area contributed by atoms with Crippen LogP contribution in [-0.2, 0) is 10.4 Å². The third-order valence-electron chi connectivity index (χ3n) is 2.71. The van der Waals surface area contributed by atoms with Crippen LogP contribution in [0.4, 0.5) is 0 Å². The Morgan fingerprint density at radius 2 is 1.87 bits per heavy atom. The van der Waals surface area contributed by atoms with Crippen LogP contribution in [0.2, 0.25) is 0 Å². The zero-order valence-corrected chi connectivity index (χ0v) is 10.5. The number of nitrogens with zero attached hydrogens (tertiary/aromatic N) is 2. The van der Waals surface area contributed by atoms with Crippen molar-refractivity contribution in [2.45, 2.75) is 53.2 Å². The summed E-state index contributed by atoms with van der Waals surface area (Å²) in [6.45, 7) is 12.2. The predicted molar refractivity (Wildman–Crippen MR) is 60.4 cm³/mol. The van der Waals surface area contributed by atoms with Crippen molar-refractivity contribution in [2.24, 2.45) is 5.90 Å². The van der Waals surface area contributed by atoms with Gasteiger partial charge >= 0.3 is 0 Å². The summed E-state index contributed by atoms with van der Waals surface area (Å²) in [5.41, 5.74) is 2.70. The van der Waals surface area contributed by atoms with E-state index in [1.807, 2.05) is 25.5 Å². The van der Waals surface area contributed by atoms with E-state index in [9.17, 15) is 0 Å². The molecule has 0 aliphatic carbocycles. The van der Waals surface area contributed by atoms with E-state index in [4.69, 9.17) is 10.7 Å². The summed E-state index contributed by atoms with van der Waals surface area (Å²) in [5, 5.41) is 4.51. The maximum atomic E-state index is 5.32. The van der Waals surface area contributed by atoms with Crippen molar-refractivity contribution >= 4 is 0 Å². The first kappa shape index (κ1) is 12.2. The molecule has 0 atom stereocenters. The lowest BCUT2D eigenvalue weighted by Gasteiger charge is -2.22. The van der Waals surface area contributed by atoms with Crippen LogP contribution in [0.5, 0.6) is 0 Å².